The summed E-state index contributed by atoms with van der Waals surface area (Å²) in [6.45, 7) is 6.60. The summed E-state index contributed by atoms with van der Waals surface area (Å²) in [7, 11) is 4.50. The smallest absolute Gasteiger partial charge is 0.137 e. The Morgan fingerprint density at radius 1 is 0.676 bits per heavy atom. The summed E-state index contributed by atoms with van der Waals surface area (Å²) in [6, 6.07) is 7.53. The molecule has 198 valence electrons. The van der Waals surface area contributed by atoms with Crippen LogP contribution in [-0.2, 0) is 0 Å². The number of likely N-dealkylation sites (tertiary alicyclic amines) is 2. The van der Waals surface area contributed by atoms with Crippen molar-refractivity contribution in [1.29, 1.82) is 0 Å². The average Bonchev–Trinajstić information content (AvgIpc) is 3.10. The fourth-order valence-corrected chi connectivity index (χ4v) is 5.43. The van der Waals surface area contributed by atoms with E-state index in [4.69, 9.17) is 9.47 Å². The van der Waals surface area contributed by atoms with Crippen LogP contribution in [0.5, 0.6) is 11.5 Å². The highest BCUT2D eigenvalue weighted by Gasteiger charge is 2.28. The molecule has 3 rings (SSSR count). The summed E-state index contributed by atoms with van der Waals surface area (Å²) >= 11 is 0. The Kier molecular flexibility index (Phi) is 15.2. The van der Waals surface area contributed by atoms with Crippen molar-refractivity contribution in [1.82, 2.24) is 0 Å². The summed E-state index contributed by atoms with van der Waals surface area (Å²) in [5.41, 5.74) is 0. The van der Waals surface area contributed by atoms with Crippen molar-refractivity contribution >= 4 is 0 Å². The first kappa shape index (κ1) is 32.1. The van der Waals surface area contributed by atoms with E-state index in [1.807, 2.05) is 24.3 Å². The fourth-order valence-electron chi connectivity index (χ4n) is 5.43. The van der Waals surface area contributed by atoms with Crippen LogP contribution in [0.25, 0.3) is 0 Å². The van der Waals surface area contributed by atoms with Crippen molar-refractivity contribution in [3.63, 3.8) is 0 Å². The molecule has 2 aliphatic rings. The minimum Gasteiger partial charge on any atom is -1.00 e. The van der Waals surface area contributed by atoms with Gasteiger partial charge in [-0.2, -0.15) is 0 Å². The number of ether oxygens (including phenoxy) is 2. The number of aliphatic hydroxyl groups excluding tert-OH is 2. The van der Waals surface area contributed by atoms with Gasteiger partial charge in [0.1, 0.15) is 50.0 Å². The first-order valence-corrected chi connectivity index (χ1v) is 12.7. The monoisotopic (exact) mass is 704 g/mol. The lowest BCUT2D eigenvalue weighted by Crippen LogP contribution is -3.00. The van der Waals surface area contributed by atoms with Gasteiger partial charge in [0.05, 0.1) is 40.3 Å². The predicted molar refractivity (Wildman–Crippen MR) is 128 cm³/mol. The Balaban J connectivity index is 0.00000289. The van der Waals surface area contributed by atoms with E-state index in [1.54, 1.807) is 0 Å². The molecule has 1 aromatic rings. The Morgan fingerprint density at radius 2 is 1.03 bits per heavy atom. The van der Waals surface area contributed by atoms with Crippen LogP contribution in [-0.4, -0.2) is 98.0 Å². The van der Waals surface area contributed by atoms with Crippen LogP contribution in [0.2, 0.25) is 0 Å². The Bertz CT molecular complexity index is 625. The fraction of sp³-hybridized carbons (Fsp3) is 0.769. The molecular formula is C26H46I2N2O4. The van der Waals surface area contributed by atoms with Crippen molar-refractivity contribution in [3.8, 4) is 11.5 Å². The molecule has 0 saturated carbocycles. The van der Waals surface area contributed by atoms with Crippen molar-refractivity contribution in [3.05, 3.63) is 24.3 Å². The normalized spacial score (nSPS) is 21.5. The maximum Gasteiger partial charge on any atom is 0.137 e. The lowest BCUT2D eigenvalue weighted by molar-refractivity contribution is -0.911. The number of hydrogen-bond donors (Lipinski definition) is 2. The van der Waals surface area contributed by atoms with E-state index in [0.29, 0.717) is 11.5 Å². The zero-order valence-electron chi connectivity index (χ0n) is 21.1. The SMILES string of the molecule is C[N+]1(CC(O)COc2cccc(OCC(O)C[N+]3(C)CCCCCC3)c2)CCCCCC1.[I-].[I-]. The molecular weight excluding hydrogens is 658 g/mol. The number of rotatable bonds is 10. The molecule has 2 N–H and O–H groups in total. The topological polar surface area (TPSA) is 58.9 Å². The molecule has 2 saturated heterocycles. The van der Waals surface area contributed by atoms with Crippen molar-refractivity contribution < 1.29 is 76.6 Å². The lowest BCUT2D eigenvalue weighted by Gasteiger charge is -2.35. The molecule has 2 atom stereocenters. The number of hydrogen-bond acceptors (Lipinski definition) is 4. The largest absolute Gasteiger partial charge is 1.00 e. The molecule has 2 heterocycles. The Morgan fingerprint density at radius 3 is 1.38 bits per heavy atom. The highest BCUT2D eigenvalue weighted by Crippen LogP contribution is 2.22. The first-order chi connectivity index (χ1) is 15.4. The third-order valence-electron chi connectivity index (χ3n) is 7.29. The maximum absolute atomic E-state index is 10.6. The minimum absolute atomic E-state index is 0. The standard InChI is InChI=1S/C26H46N2O4.2HI/c1-27(14-7-3-4-8-15-27)19-23(29)21-31-25-12-11-13-26(18-25)32-22-24(30)20-28(2)16-9-5-6-10-17-28;;/h11-13,18,23-24,29-30H,3-10,14-17,19-22H2,1-2H3;2*1H/q+2;;/p-2. The molecule has 8 heteroatoms. The maximum atomic E-state index is 10.6. The third-order valence-corrected chi connectivity index (χ3v) is 7.29. The molecule has 0 amide bonds. The zero-order valence-corrected chi connectivity index (χ0v) is 25.5. The van der Waals surface area contributed by atoms with E-state index in [9.17, 15) is 10.2 Å². The van der Waals surface area contributed by atoms with Gasteiger partial charge in [0, 0.05) is 6.07 Å². The average molecular weight is 704 g/mol. The van der Waals surface area contributed by atoms with Gasteiger partial charge in [-0.15, -0.1) is 0 Å². The van der Waals surface area contributed by atoms with Crippen LogP contribution in [0.4, 0.5) is 0 Å². The van der Waals surface area contributed by atoms with Crippen molar-refractivity contribution in [2.45, 2.75) is 63.6 Å². The third kappa shape index (κ3) is 11.5. The molecule has 6 nitrogen and oxygen atoms in total. The second kappa shape index (κ2) is 16.1. The van der Waals surface area contributed by atoms with Gasteiger partial charge in [0.15, 0.2) is 0 Å². The summed E-state index contributed by atoms with van der Waals surface area (Å²) in [5.74, 6) is 1.39. The molecule has 0 spiro atoms. The minimum atomic E-state index is -0.484. The Labute approximate surface area is 241 Å². The van der Waals surface area contributed by atoms with Gasteiger partial charge in [-0.3, -0.25) is 0 Å². The molecule has 0 radical (unpaired) electrons. The first-order valence-electron chi connectivity index (χ1n) is 12.7. The van der Waals surface area contributed by atoms with Gasteiger partial charge in [0.25, 0.3) is 0 Å². The molecule has 2 unspecified atom stereocenters. The Hall–Kier alpha value is 0.120. The molecule has 2 aliphatic heterocycles. The van der Waals surface area contributed by atoms with E-state index in [1.165, 1.54) is 51.4 Å². The summed E-state index contributed by atoms with van der Waals surface area (Å²) in [6.07, 6.45) is 9.23. The second-order valence-corrected chi connectivity index (χ2v) is 10.7. The molecule has 1 aromatic carbocycles. The van der Waals surface area contributed by atoms with E-state index in [2.05, 4.69) is 14.1 Å². The highest BCUT2D eigenvalue weighted by molar-refractivity contribution is 5.32. The lowest BCUT2D eigenvalue weighted by atomic mass is 10.2. The van der Waals surface area contributed by atoms with Gasteiger partial charge in [-0.1, -0.05) is 6.07 Å². The summed E-state index contributed by atoms with van der Waals surface area (Å²) in [5, 5.41) is 21.1. The van der Waals surface area contributed by atoms with Crippen LogP contribution in [0, 0.1) is 0 Å². The van der Waals surface area contributed by atoms with Crippen molar-refractivity contribution in [2.24, 2.45) is 0 Å². The molecule has 0 bridgehead atoms. The number of benzene rings is 1. The van der Waals surface area contributed by atoms with E-state index < -0.39 is 12.2 Å². The molecule has 0 aliphatic carbocycles. The van der Waals surface area contributed by atoms with Crippen LogP contribution in [0.15, 0.2) is 24.3 Å². The molecule has 34 heavy (non-hydrogen) atoms. The number of likely N-dealkylation sites (N-methyl/N-ethyl adjacent to an activating group) is 2. The van der Waals surface area contributed by atoms with Crippen LogP contribution in [0.1, 0.15) is 51.4 Å². The second-order valence-electron chi connectivity index (χ2n) is 10.7. The van der Waals surface area contributed by atoms with Gasteiger partial charge >= 0.3 is 0 Å². The highest BCUT2D eigenvalue weighted by atomic mass is 127. The quantitative estimate of drug-likeness (QED) is 0.205. The molecule has 2 fully saturated rings. The summed E-state index contributed by atoms with van der Waals surface area (Å²) in [4.78, 5) is 0. The van der Waals surface area contributed by atoms with Crippen LogP contribution >= 0.6 is 0 Å². The van der Waals surface area contributed by atoms with E-state index >= 15 is 0 Å². The van der Waals surface area contributed by atoms with E-state index in [-0.39, 0.29) is 61.2 Å². The number of nitrogens with zero attached hydrogens (tertiary/aromatic N) is 2. The predicted octanol–water partition coefficient (Wildman–Crippen LogP) is -2.78. The summed E-state index contributed by atoms with van der Waals surface area (Å²) < 4.78 is 13.6. The van der Waals surface area contributed by atoms with E-state index in [0.717, 1.165) is 48.2 Å². The van der Waals surface area contributed by atoms with Gasteiger partial charge in [-0.05, 0) is 63.5 Å². The number of aliphatic hydroxyl groups is 2. The van der Waals surface area contributed by atoms with Gasteiger partial charge in [0.2, 0.25) is 0 Å². The van der Waals surface area contributed by atoms with Crippen LogP contribution < -0.4 is 57.4 Å². The number of halogens is 2. The van der Waals surface area contributed by atoms with Gasteiger partial charge < -0.3 is 76.6 Å². The number of quaternary nitrogens is 2. The van der Waals surface area contributed by atoms with Gasteiger partial charge in [-0.25, -0.2) is 0 Å². The molecule has 0 aromatic heterocycles. The van der Waals surface area contributed by atoms with Crippen LogP contribution in [0.3, 0.4) is 0 Å². The van der Waals surface area contributed by atoms with Crippen molar-refractivity contribution in [2.75, 3.05) is 66.6 Å². The zero-order chi connectivity index (χ0) is 22.9.